The van der Waals surface area contributed by atoms with Crippen LogP contribution in [0.3, 0.4) is 0 Å². The predicted molar refractivity (Wildman–Crippen MR) is 106 cm³/mol. The molecule has 1 aliphatic carbocycles. The topological polar surface area (TPSA) is 26.0 Å². The Morgan fingerprint density at radius 1 is 1.12 bits per heavy atom. The standard InChI is InChI=1S/C23H31NO/c1-14(2)18-12-20-21(23(7,8)16(4)22(20,5)6)13-19(18)15(3)11-17-9-10-24-25-17/h9-14,16H,1-8H3. The van der Waals surface area contributed by atoms with Gasteiger partial charge in [-0.25, -0.2) is 0 Å². The number of nitrogens with zero attached hydrogens (tertiary/aromatic N) is 1. The van der Waals surface area contributed by atoms with Gasteiger partial charge in [0.2, 0.25) is 0 Å². The van der Waals surface area contributed by atoms with E-state index in [1.807, 2.05) is 6.07 Å². The van der Waals surface area contributed by atoms with E-state index in [1.165, 1.54) is 27.8 Å². The van der Waals surface area contributed by atoms with Crippen LogP contribution in [0.5, 0.6) is 0 Å². The van der Waals surface area contributed by atoms with Crippen LogP contribution in [0.4, 0.5) is 0 Å². The summed E-state index contributed by atoms with van der Waals surface area (Å²) in [5, 5.41) is 3.82. The molecule has 134 valence electrons. The maximum atomic E-state index is 5.28. The average molecular weight is 338 g/mol. The largest absolute Gasteiger partial charge is 0.357 e. The van der Waals surface area contributed by atoms with Crippen molar-refractivity contribution in [2.75, 3.05) is 0 Å². The number of rotatable bonds is 3. The summed E-state index contributed by atoms with van der Waals surface area (Å²) in [6.07, 6.45) is 3.79. The molecule has 3 rings (SSSR count). The van der Waals surface area contributed by atoms with Gasteiger partial charge in [0.25, 0.3) is 0 Å². The lowest BCUT2D eigenvalue weighted by Gasteiger charge is -2.32. The highest BCUT2D eigenvalue weighted by Gasteiger charge is 2.48. The van der Waals surface area contributed by atoms with Crippen LogP contribution in [-0.4, -0.2) is 5.16 Å². The smallest absolute Gasteiger partial charge is 0.159 e. The molecule has 1 unspecified atom stereocenters. The van der Waals surface area contributed by atoms with Crippen molar-refractivity contribution in [3.63, 3.8) is 0 Å². The van der Waals surface area contributed by atoms with Crippen LogP contribution in [-0.2, 0) is 10.8 Å². The second-order valence-corrected chi connectivity index (χ2v) is 9.05. The van der Waals surface area contributed by atoms with Crippen LogP contribution in [0.2, 0.25) is 0 Å². The van der Waals surface area contributed by atoms with Gasteiger partial charge in [0, 0.05) is 6.07 Å². The minimum atomic E-state index is 0.176. The number of hydrogen-bond donors (Lipinski definition) is 0. The number of aromatic nitrogens is 1. The van der Waals surface area contributed by atoms with Gasteiger partial charge >= 0.3 is 0 Å². The predicted octanol–water partition coefficient (Wildman–Crippen LogP) is 6.56. The van der Waals surface area contributed by atoms with Crippen LogP contribution < -0.4 is 0 Å². The summed E-state index contributed by atoms with van der Waals surface area (Å²) in [4.78, 5) is 0. The second-order valence-electron chi connectivity index (χ2n) is 9.05. The molecule has 0 radical (unpaired) electrons. The summed E-state index contributed by atoms with van der Waals surface area (Å²) in [5.41, 5.74) is 7.38. The fourth-order valence-corrected chi connectivity index (χ4v) is 4.46. The van der Waals surface area contributed by atoms with E-state index in [4.69, 9.17) is 4.52 Å². The van der Waals surface area contributed by atoms with Crippen molar-refractivity contribution in [3.05, 3.63) is 52.4 Å². The van der Waals surface area contributed by atoms with Crippen molar-refractivity contribution >= 4 is 11.6 Å². The first-order chi connectivity index (χ1) is 11.6. The average Bonchev–Trinajstić information content (AvgIpc) is 3.08. The molecule has 0 aliphatic heterocycles. The van der Waals surface area contributed by atoms with E-state index in [0.29, 0.717) is 11.8 Å². The van der Waals surface area contributed by atoms with E-state index in [2.05, 4.69) is 78.8 Å². The van der Waals surface area contributed by atoms with Crippen molar-refractivity contribution < 1.29 is 4.52 Å². The van der Waals surface area contributed by atoms with Gasteiger partial charge in [-0.05, 0) is 63.5 Å². The number of hydrogen-bond acceptors (Lipinski definition) is 2. The summed E-state index contributed by atoms with van der Waals surface area (Å²) >= 11 is 0. The SMILES string of the molecule is CC(=Cc1ccno1)c1cc2c(cc1C(C)C)C(C)(C)C(C)C2(C)C. The van der Waals surface area contributed by atoms with Crippen LogP contribution in [0.15, 0.2) is 28.9 Å². The van der Waals surface area contributed by atoms with Gasteiger partial charge in [0.05, 0.1) is 6.20 Å². The first-order valence-corrected chi connectivity index (χ1v) is 9.35. The van der Waals surface area contributed by atoms with E-state index in [9.17, 15) is 0 Å². The molecule has 25 heavy (non-hydrogen) atoms. The summed E-state index contributed by atoms with van der Waals surface area (Å²) in [5.74, 6) is 1.89. The van der Waals surface area contributed by atoms with Crippen LogP contribution >= 0.6 is 0 Å². The summed E-state index contributed by atoms with van der Waals surface area (Å²) in [7, 11) is 0. The lowest BCUT2D eigenvalue weighted by atomic mass is 9.71. The maximum Gasteiger partial charge on any atom is 0.159 e. The fourth-order valence-electron chi connectivity index (χ4n) is 4.46. The number of allylic oxidation sites excluding steroid dienone is 1. The van der Waals surface area contributed by atoms with E-state index in [1.54, 1.807) is 6.20 Å². The first-order valence-electron chi connectivity index (χ1n) is 9.35. The molecule has 0 bridgehead atoms. The second kappa shape index (κ2) is 5.86. The molecule has 0 fully saturated rings. The van der Waals surface area contributed by atoms with Crippen molar-refractivity contribution in [2.24, 2.45) is 5.92 Å². The van der Waals surface area contributed by atoms with Crippen LogP contribution in [0.25, 0.3) is 11.6 Å². The molecule has 1 aromatic carbocycles. The lowest BCUT2D eigenvalue weighted by molar-refractivity contribution is 0.264. The molecule has 1 aliphatic rings. The number of benzene rings is 1. The summed E-state index contributed by atoms with van der Waals surface area (Å²) in [6, 6.07) is 6.82. The quantitative estimate of drug-likeness (QED) is 0.633. The molecular weight excluding hydrogens is 306 g/mol. The summed E-state index contributed by atoms with van der Waals surface area (Å²) in [6.45, 7) is 18.7. The molecule has 2 heteroatoms. The Hall–Kier alpha value is -1.83. The van der Waals surface area contributed by atoms with Crippen molar-refractivity contribution in [2.45, 2.75) is 72.1 Å². The monoisotopic (exact) mass is 337 g/mol. The zero-order chi connectivity index (χ0) is 18.6. The van der Waals surface area contributed by atoms with Crippen molar-refractivity contribution in [1.29, 1.82) is 0 Å². The van der Waals surface area contributed by atoms with Gasteiger partial charge < -0.3 is 4.52 Å². The zero-order valence-electron chi connectivity index (χ0n) is 16.9. The molecule has 0 spiro atoms. The zero-order valence-corrected chi connectivity index (χ0v) is 16.9. The van der Waals surface area contributed by atoms with Gasteiger partial charge in [-0.2, -0.15) is 0 Å². The molecule has 2 nitrogen and oxygen atoms in total. The van der Waals surface area contributed by atoms with E-state index in [0.717, 1.165) is 5.76 Å². The van der Waals surface area contributed by atoms with E-state index < -0.39 is 0 Å². The van der Waals surface area contributed by atoms with Crippen molar-refractivity contribution in [3.8, 4) is 0 Å². The molecule has 1 heterocycles. The Kier molecular flexibility index (Phi) is 4.21. The molecule has 0 saturated carbocycles. The van der Waals surface area contributed by atoms with Gasteiger partial charge in [-0.3, -0.25) is 0 Å². The minimum absolute atomic E-state index is 0.176. The highest BCUT2D eigenvalue weighted by atomic mass is 16.5. The molecule has 0 amide bonds. The Morgan fingerprint density at radius 2 is 1.72 bits per heavy atom. The van der Waals surface area contributed by atoms with Crippen LogP contribution in [0, 0.1) is 5.92 Å². The van der Waals surface area contributed by atoms with Gasteiger partial charge in [-0.1, -0.05) is 65.8 Å². The molecule has 1 atom stereocenters. The normalized spacial score (nSPS) is 21.6. The van der Waals surface area contributed by atoms with Gasteiger partial charge in [-0.15, -0.1) is 0 Å². The summed E-state index contributed by atoms with van der Waals surface area (Å²) < 4.78 is 5.28. The third-order valence-corrected chi connectivity index (χ3v) is 6.61. The minimum Gasteiger partial charge on any atom is -0.357 e. The van der Waals surface area contributed by atoms with E-state index >= 15 is 0 Å². The Bertz CT molecular complexity index is 807. The third kappa shape index (κ3) is 2.76. The fraction of sp³-hybridized carbons (Fsp3) is 0.522. The van der Waals surface area contributed by atoms with Gasteiger partial charge in [0.15, 0.2) is 5.76 Å². The Balaban J connectivity index is 2.23. The van der Waals surface area contributed by atoms with Crippen LogP contribution in [0.1, 0.15) is 89.3 Å². The lowest BCUT2D eigenvalue weighted by Crippen LogP contribution is -2.30. The molecule has 0 N–H and O–H groups in total. The first kappa shape index (κ1) is 18.0. The maximum absolute atomic E-state index is 5.28. The molecule has 1 aromatic heterocycles. The highest BCUT2D eigenvalue weighted by molar-refractivity contribution is 5.81. The van der Waals surface area contributed by atoms with Crippen molar-refractivity contribution in [1.82, 2.24) is 5.16 Å². The van der Waals surface area contributed by atoms with E-state index in [-0.39, 0.29) is 10.8 Å². The van der Waals surface area contributed by atoms with Gasteiger partial charge in [0.1, 0.15) is 0 Å². The Labute approximate surface area is 152 Å². The molecular formula is C23H31NO. The molecule has 0 saturated heterocycles. The third-order valence-electron chi connectivity index (χ3n) is 6.61. The highest BCUT2D eigenvalue weighted by Crippen LogP contribution is 2.54. The Morgan fingerprint density at radius 3 is 2.24 bits per heavy atom. The number of fused-ring (bicyclic) bond motifs is 1. The molecule has 2 aromatic rings.